The zero-order valence-corrected chi connectivity index (χ0v) is 32.7. The molecule has 270 valence electrons. The Bertz CT molecular complexity index is 3240. The first-order valence-electron chi connectivity index (χ1n) is 20.3. The average Bonchev–Trinajstić information content (AvgIpc) is 3.79. The van der Waals surface area contributed by atoms with Crippen molar-refractivity contribution in [3.8, 4) is 50.2 Å². The van der Waals surface area contributed by atoms with Gasteiger partial charge in [-0.15, -0.1) is 0 Å². The van der Waals surface area contributed by atoms with Gasteiger partial charge in [0.2, 0.25) is 0 Å². The van der Waals surface area contributed by atoms with Crippen molar-refractivity contribution >= 4 is 43.4 Å². The molecule has 10 aromatic rings. The van der Waals surface area contributed by atoms with Crippen LogP contribution < -0.4 is 0 Å². The Morgan fingerprint density at radius 3 is 1.19 bits per heavy atom. The number of rotatable bonds is 3. The maximum absolute atomic E-state index is 2.50. The van der Waals surface area contributed by atoms with Crippen LogP contribution in [0.5, 0.6) is 0 Å². The lowest BCUT2D eigenvalue weighted by Crippen LogP contribution is -2.15. The molecule has 1 aromatic heterocycles. The van der Waals surface area contributed by atoms with E-state index in [4.69, 9.17) is 0 Å². The quantitative estimate of drug-likeness (QED) is 0.160. The minimum absolute atomic E-state index is 0.0630. The third kappa shape index (κ3) is 4.35. The van der Waals surface area contributed by atoms with Gasteiger partial charge >= 0.3 is 0 Å². The van der Waals surface area contributed by atoms with Gasteiger partial charge < -0.3 is 4.57 Å². The molecule has 9 aromatic carbocycles. The Kier molecular flexibility index (Phi) is 6.53. The number of hydrogen-bond acceptors (Lipinski definition) is 0. The zero-order chi connectivity index (χ0) is 38.2. The molecular formula is C56H41N. The predicted octanol–water partition coefficient (Wildman–Crippen LogP) is 15.0. The van der Waals surface area contributed by atoms with Crippen LogP contribution in [-0.2, 0) is 10.8 Å². The normalized spacial score (nSPS) is 14.6. The lowest BCUT2D eigenvalue weighted by atomic mass is 9.79. The van der Waals surface area contributed by atoms with Gasteiger partial charge in [0.15, 0.2) is 0 Å². The molecule has 12 rings (SSSR count). The standard InChI is InChI=1S/C56H41N/c1-55(2)47-22-12-9-15-37(47)38-28-25-34(31-48(38)55)53-43-18-5-7-20-45(43)54(46-21-8-6-19-44(46)53)35-26-29-39-40-30-27-36(33-50(40)56(3,4)49(39)32-35)57-51-23-13-10-16-41(51)42-17-11-14-24-52(42)57/h5-33H,1-4H3. The fourth-order valence-electron chi connectivity index (χ4n) is 10.8. The summed E-state index contributed by atoms with van der Waals surface area (Å²) in [4.78, 5) is 0. The molecule has 1 heteroatoms. The van der Waals surface area contributed by atoms with Crippen LogP contribution in [0.15, 0.2) is 176 Å². The predicted molar refractivity (Wildman–Crippen MR) is 242 cm³/mol. The number of fused-ring (bicyclic) bond motifs is 11. The molecule has 0 saturated carbocycles. The Morgan fingerprint density at radius 2 is 0.684 bits per heavy atom. The van der Waals surface area contributed by atoms with E-state index in [-0.39, 0.29) is 10.8 Å². The lowest BCUT2D eigenvalue weighted by Gasteiger charge is -2.24. The molecule has 0 aliphatic heterocycles. The summed E-state index contributed by atoms with van der Waals surface area (Å²) in [5.74, 6) is 0. The summed E-state index contributed by atoms with van der Waals surface area (Å²) in [5.41, 5.74) is 19.5. The molecule has 57 heavy (non-hydrogen) atoms. The molecule has 1 heterocycles. The van der Waals surface area contributed by atoms with Crippen LogP contribution in [0, 0.1) is 0 Å². The SMILES string of the molecule is CC1(C)c2ccccc2-c2ccc(-c3c4ccccc4c(-c4ccc5c(c4)C(C)(C)c4cc(-n6c7ccccc7c7ccccc76)ccc4-5)c4ccccc34)cc21. The van der Waals surface area contributed by atoms with Crippen molar-refractivity contribution in [3.05, 3.63) is 198 Å². The molecule has 1 nitrogen and oxygen atoms in total. The number of nitrogens with zero attached hydrogens (tertiary/aromatic N) is 1. The van der Waals surface area contributed by atoms with Crippen LogP contribution in [0.2, 0.25) is 0 Å². The largest absolute Gasteiger partial charge is 0.309 e. The molecule has 0 unspecified atom stereocenters. The zero-order valence-electron chi connectivity index (χ0n) is 32.7. The molecule has 2 aliphatic carbocycles. The van der Waals surface area contributed by atoms with E-state index in [9.17, 15) is 0 Å². The van der Waals surface area contributed by atoms with Crippen molar-refractivity contribution in [1.29, 1.82) is 0 Å². The molecule has 0 atom stereocenters. The summed E-state index contributed by atoms with van der Waals surface area (Å²) in [5, 5.41) is 7.73. The maximum atomic E-state index is 2.50. The maximum Gasteiger partial charge on any atom is 0.0541 e. The van der Waals surface area contributed by atoms with Crippen LogP contribution in [0.4, 0.5) is 0 Å². The third-order valence-electron chi connectivity index (χ3n) is 13.6. The van der Waals surface area contributed by atoms with Gasteiger partial charge in [0.05, 0.1) is 11.0 Å². The molecule has 0 N–H and O–H groups in total. The van der Waals surface area contributed by atoms with E-state index in [1.807, 2.05) is 0 Å². The lowest BCUT2D eigenvalue weighted by molar-refractivity contribution is 0.660. The van der Waals surface area contributed by atoms with E-state index in [2.05, 4.69) is 208 Å². The summed E-state index contributed by atoms with van der Waals surface area (Å²) >= 11 is 0. The Morgan fingerprint density at radius 1 is 0.316 bits per heavy atom. The summed E-state index contributed by atoms with van der Waals surface area (Å²) in [6.07, 6.45) is 0. The fourth-order valence-corrected chi connectivity index (χ4v) is 10.8. The molecule has 0 fully saturated rings. The number of benzene rings is 9. The first-order valence-corrected chi connectivity index (χ1v) is 20.3. The highest BCUT2D eigenvalue weighted by Crippen LogP contribution is 2.54. The highest BCUT2D eigenvalue weighted by Gasteiger charge is 2.37. The van der Waals surface area contributed by atoms with E-state index >= 15 is 0 Å². The fraction of sp³-hybridized carbons (Fsp3) is 0.107. The molecule has 0 bridgehead atoms. The highest BCUT2D eigenvalue weighted by molar-refractivity contribution is 6.21. The number of para-hydroxylation sites is 2. The van der Waals surface area contributed by atoms with E-state index in [1.54, 1.807) is 0 Å². The van der Waals surface area contributed by atoms with Gasteiger partial charge in [0.25, 0.3) is 0 Å². The van der Waals surface area contributed by atoms with Crippen LogP contribution in [0.25, 0.3) is 93.5 Å². The van der Waals surface area contributed by atoms with E-state index < -0.39 is 0 Å². The Labute approximate surface area is 333 Å². The molecule has 0 radical (unpaired) electrons. The van der Waals surface area contributed by atoms with E-state index in [1.165, 1.54) is 116 Å². The van der Waals surface area contributed by atoms with Gasteiger partial charge in [-0.25, -0.2) is 0 Å². The van der Waals surface area contributed by atoms with Crippen LogP contribution in [-0.4, -0.2) is 4.57 Å². The third-order valence-corrected chi connectivity index (χ3v) is 13.6. The average molecular weight is 728 g/mol. The van der Waals surface area contributed by atoms with Crippen molar-refractivity contribution in [2.24, 2.45) is 0 Å². The summed E-state index contributed by atoms with van der Waals surface area (Å²) < 4.78 is 2.44. The van der Waals surface area contributed by atoms with Crippen molar-refractivity contribution in [3.63, 3.8) is 0 Å². The topological polar surface area (TPSA) is 4.93 Å². The number of hydrogen-bond donors (Lipinski definition) is 0. The van der Waals surface area contributed by atoms with Crippen molar-refractivity contribution < 1.29 is 0 Å². The summed E-state index contributed by atoms with van der Waals surface area (Å²) in [6, 6.07) is 66.2. The second-order valence-electron chi connectivity index (χ2n) is 17.3. The van der Waals surface area contributed by atoms with Crippen molar-refractivity contribution in [2.75, 3.05) is 0 Å². The monoisotopic (exact) mass is 727 g/mol. The molecule has 0 saturated heterocycles. The minimum Gasteiger partial charge on any atom is -0.309 e. The second-order valence-corrected chi connectivity index (χ2v) is 17.3. The Hall–Kier alpha value is -6.70. The molecule has 0 spiro atoms. The smallest absolute Gasteiger partial charge is 0.0541 e. The molecule has 0 amide bonds. The van der Waals surface area contributed by atoms with E-state index in [0.29, 0.717) is 0 Å². The van der Waals surface area contributed by atoms with Crippen molar-refractivity contribution in [2.45, 2.75) is 38.5 Å². The minimum atomic E-state index is -0.185. The second kappa shape index (κ2) is 11.4. The summed E-state index contributed by atoms with van der Waals surface area (Å²) in [6.45, 7) is 9.56. The highest BCUT2D eigenvalue weighted by atomic mass is 15.0. The van der Waals surface area contributed by atoms with Crippen molar-refractivity contribution in [1.82, 2.24) is 4.57 Å². The van der Waals surface area contributed by atoms with Gasteiger partial charge in [-0.2, -0.15) is 0 Å². The van der Waals surface area contributed by atoms with E-state index in [0.717, 1.165) is 0 Å². The Balaban J connectivity index is 1.03. The van der Waals surface area contributed by atoms with Gasteiger partial charge in [0.1, 0.15) is 0 Å². The summed E-state index contributed by atoms with van der Waals surface area (Å²) in [7, 11) is 0. The van der Waals surface area contributed by atoms with Crippen LogP contribution in [0.1, 0.15) is 49.9 Å². The molecular weight excluding hydrogens is 687 g/mol. The first kappa shape index (κ1) is 32.5. The van der Waals surface area contributed by atoms with Gasteiger partial charge in [-0.1, -0.05) is 167 Å². The van der Waals surface area contributed by atoms with Gasteiger partial charge in [-0.05, 0) is 125 Å². The van der Waals surface area contributed by atoms with Gasteiger partial charge in [-0.3, -0.25) is 0 Å². The first-order chi connectivity index (χ1) is 27.8. The number of aromatic nitrogens is 1. The van der Waals surface area contributed by atoms with Crippen LogP contribution >= 0.6 is 0 Å². The van der Waals surface area contributed by atoms with Crippen LogP contribution in [0.3, 0.4) is 0 Å². The van der Waals surface area contributed by atoms with Gasteiger partial charge in [0, 0.05) is 27.3 Å². The molecule has 2 aliphatic rings.